The SMILES string of the molecule is COC(=O)CC1(OOC(C)(C)C)C=CC(=O)C=C1. The van der Waals surface area contributed by atoms with E-state index in [-0.39, 0.29) is 12.2 Å². The molecule has 5 heteroatoms. The number of hydrogen-bond acceptors (Lipinski definition) is 5. The van der Waals surface area contributed by atoms with Crippen LogP contribution in [0.3, 0.4) is 0 Å². The molecule has 0 unspecified atom stereocenters. The number of methoxy groups -OCH3 is 1. The highest BCUT2D eigenvalue weighted by atomic mass is 17.2. The van der Waals surface area contributed by atoms with Crippen LogP contribution in [0.25, 0.3) is 0 Å². The number of rotatable bonds is 4. The third kappa shape index (κ3) is 4.43. The van der Waals surface area contributed by atoms with E-state index < -0.39 is 17.2 Å². The second-order valence-corrected chi connectivity index (χ2v) is 5.06. The second-order valence-electron chi connectivity index (χ2n) is 5.06. The van der Waals surface area contributed by atoms with Crippen LogP contribution in [0.1, 0.15) is 27.2 Å². The first kappa shape index (κ1) is 14.6. The molecule has 0 radical (unpaired) electrons. The Bertz CT molecular complexity index is 371. The number of carbonyl (C=O) groups excluding carboxylic acids is 2. The number of esters is 1. The highest BCUT2D eigenvalue weighted by molar-refractivity contribution is 6.00. The molecule has 0 heterocycles. The molecule has 0 fully saturated rings. The van der Waals surface area contributed by atoms with Gasteiger partial charge in [0.2, 0.25) is 0 Å². The largest absolute Gasteiger partial charge is 0.469 e. The van der Waals surface area contributed by atoms with Gasteiger partial charge in [-0.15, -0.1) is 0 Å². The van der Waals surface area contributed by atoms with Gasteiger partial charge >= 0.3 is 5.97 Å². The summed E-state index contributed by atoms with van der Waals surface area (Å²) in [5.74, 6) is -0.606. The van der Waals surface area contributed by atoms with Crippen LogP contribution in [-0.4, -0.2) is 30.1 Å². The zero-order valence-electron chi connectivity index (χ0n) is 11.1. The lowest BCUT2D eigenvalue weighted by Crippen LogP contribution is -2.36. The number of carbonyl (C=O) groups is 2. The standard InChI is InChI=1S/C13H18O5/c1-12(2,3)17-18-13(9-11(15)16-4)7-5-10(14)6-8-13/h5-8H,9H2,1-4H3. The van der Waals surface area contributed by atoms with E-state index in [0.29, 0.717) is 0 Å². The number of ether oxygens (including phenoxy) is 1. The molecule has 0 amide bonds. The summed E-state index contributed by atoms with van der Waals surface area (Å²) in [6, 6.07) is 0. The Labute approximate surface area is 106 Å². The smallest absolute Gasteiger partial charge is 0.309 e. The maximum atomic E-state index is 11.4. The summed E-state index contributed by atoms with van der Waals surface area (Å²) in [6.07, 6.45) is 5.62. The molecule has 0 bridgehead atoms. The minimum atomic E-state index is -1.09. The Morgan fingerprint density at radius 3 is 2.28 bits per heavy atom. The van der Waals surface area contributed by atoms with Crippen LogP contribution in [0.15, 0.2) is 24.3 Å². The number of allylic oxidation sites excluding steroid dienone is 2. The third-order valence-electron chi connectivity index (χ3n) is 2.15. The molecule has 0 aromatic carbocycles. The molecule has 1 aliphatic rings. The van der Waals surface area contributed by atoms with Crippen LogP contribution in [0.5, 0.6) is 0 Å². The predicted octanol–water partition coefficient (Wildman–Crippen LogP) is 1.73. The average Bonchev–Trinajstić information content (AvgIpc) is 2.29. The molecule has 0 spiro atoms. The van der Waals surface area contributed by atoms with Gasteiger partial charge < -0.3 is 4.74 Å². The Kier molecular flexibility index (Phi) is 4.43. The van der Waals surface area contributed by atoms with Crippen LogP contribution >= 0.6 is 0 Å². The van der Waals surface area contributed by atoms with Gasteiger partial charge in [-0.05, 0) is 45.1 Å². The van der Waals surface area contributed by atoms with Crippen molar-refractivity contribution in [1.82, 2.24) is 0 Å². The maximum Gasteiger partial charge on any atom is 0.309 e. The first-order chi connectivity index (χ1) is 8.26. The van der Waals surface area contributed by atoms with Crippen molar-refractivity contribution in [2.24, 2.45) is 0 Å². The molecular formula is C13H18O5. The van der Waals surface area contributed by atoms with E-state index in [1.807, 2.05) is 20.8 Å². The molecule has 0 aromatic heterocycles. The van der Waals surface area contributed by atoms with E-state index in [0.717, 1.165) is 0 Å². The monoisotopic (exact) mass is 254 g/mol. The van der Waals surface area contributed by atoms with Crippen molar-refractivity contribution in [3.05, 3.63) is 24.3 Å². The maximum absolute atomic E-state index is 11.4. The number of ketones is 1. The topological polar surface area (TPSA) is 61.8 Å². The Balaban J connectivity index is 2.82. The molecule has 5 nitrogen and oxygen atoms in total. The Morgan fingerprint density at radius 2 is 1.83 bits per heavy atom. The highest BCUT2D eigenvalue weighted by Gasteiger charge is 2.34. The van der Waals surface area contributed by atoms with Crippen molar-refractivity contribution in [2.75, 3.05) is 7.11 Å². The van der Waals surface area contributed by atoms with E-state index in [4.69, 9.17) is 9.78 Å². The molecule has 1 rings (SSSR count). The molecule has 18 heavy (non-hydrogen) atoms. The Hall–Kier alpha value is -1.46. The lowest BCUT2D eigenvalue weighted by Gasteiger charge is -2.30. The van der Waals surface area contributed by atoms with Gasteiger partial charge in [0.25, 0.3) is 0 Å². The van der Waals surface area contributed by atoms with Gasteiger partial charge in [-0.2, -0.15) is 0 Å². The lowest BCUT2D eigenvalue weighted by molar-refractivity contribution is -0.383. The summed E-state index contributed by atoms with van der Waals surface area (Å²) in [6.45, 7) is 5.46. The zero-order chi connectivity index (χ0) is 13.8. The van der Waals surface area contributed by atoms with Crippen molar-refractivity contribution >= 4 is 11.8 Å². The highest BCUT2D eigenvalue weighted by Crippen LogP contribution is 2.26. The van der Waals surface area contributed by atoms with Crippen molar-refractivity contribution in [3.63, 3.8) is 0 Å². The molecule has 1 aliphatic carbocycles. The van der Waals surface area contributed by atoms with Crippen LogP contribution in [0.4, 0.5) is 0 Å². The summed E-state index contributed by atoms with van der Waals surface area (Å²) >= 11 is 0. The molecule has 0 saturated heterocycles. The summed E-state index contributed by atoms with van der Waals surface area (Å²) in [5, 5.41) is 0. The van der Waals surface area contributed by atoms with Crippen molar-refractivity contribution in [2.45, 2.75) is 38.4 Å². The summed E-state index contributed by atoms with van der Waals surface area (Å²) in [5.41, 5.74) is -1.61. The molecule has 0 aromatic rings. The van der Waals surface area contributed by atoms with E-state index in [1.54, 1.807) is 0 Å². The van der Waals surface area contributed by atoms with Crippen molar-refractivity contribution < 1.29 is 24.1 Å². The molecule has 0 saturated carbocycles. The first-order valence-electron chi connectivity index (χ1n) is 5.62. The van der Waals surface area contributed by atoms with E-state index in [1.165, 1.54) is 31.4 Å². The fraction of sp³-hybridized carbons (Fsp3) is 0.538. The molecule has 0 aliphatic heterocycles. The summed E-state index contributed by atoms with van der Waals surface area (Å²) in [4.78, 5) is 33.1. The van der Waals surface area contributed by atoms with Crippen molar-refractivity contribution in [1.29, 1.82) is 0 Å². The van der Waals surface area contributed by atoms with E-state index in [2.05, 4.69) is 4.74 Å². The third-order valence-corrected chi connectivity index (χ3v) is 2.15. The summed E-state index contributed by atoms with van der Waals surface area (Å²) < 4.78 is 4.61. The van der Waals surface area contributed by atoms with Crippen LogP contribution in [0, 0.1) is 0 Å². The lowest BCUT2D eigenvalue weighted by atomic mass is 9.94. The van der Waals surface area contributed by atoms with E-state index in [9.17, 15) is 9.59 Å². The summed E-state index contributed by atoms with van der Waals surface area (Å²) in [7, 11) is 1.29. The van der Waals surface area contributed by atoms with Crippen LogP contribution in [-0.2, 0) is 24.1 Å². The van der Waals surface area contributed by atoms with E-state index >= 15 is 0 Å². The second kappa shape index (κ2) is 5.46. The average molecular weight is 254 g/mol. The fourth-order valence-corrected chi connectivity index (χ4v) is 1.26. The molecule has 0 atom stereocenters. The van der Waals surface area contributed by atoms with Gasteiger partial charge in [0.1, 0.15) is 0 Å². The van der Waals surface area contributed by atoms with Gasteiger partial charge in [0, 0.05) is 0 Å². The quantitative estimate of drug-likeness (QED) is 0.434. The fourth-order valence-electron chi connectivity index (χ4n) is 1.26. The zero-order valence-corrected chi connectivity index (χ0v) is 11.1. The predicted molar refractivity (Wildman–Crippen MR) is 64.6 cm³/mol. The molecule has 0 N–H and O–H groups in total. The minimum absolute atomic E-state index is 0.0557. The van der Waals surface area contributed by atoms with Gasteiger partial charge in [0.05, 0.1) is 19.1 Å². The first-order valence-corrected chi connectivity index (χ1v) is 5.62. The van der Waals surface area contributed by atoms with Gasteiger partial charge in [0.15, 0.2) is 11.4 Å². The minimum Gasteiger partial charge on any atom is -0.469 e. The van der Waals surface area contributed by atoms with Gasteiger partial charge in [-0.25, -0.2) is 9.78 Å². The Morgan fingerprint density at radius 1 is 1.28 bits per heavy atom. The number of hydrogen-bond donors (Lipinski definition) is 0. The van der Waals surface area contributed by atoms with Gasteiger partial charge in [-0.1, -0.05) is 0 Å². The normalized spacial score (nSPS) is 17.9. The van der Waals surface area contributed by atoms with Gasteiger partial charge in [-0.3, -0.25) is 9.59 Å². The van der Waals surface area contributed by atoms with Crippen LogP contribution < -0.4 is 0 Å². The molecular weight excluding hydrogens is 236 g/mol. The van der Waals surface area contributed by atoms with Crippen LogP contribution in [0.2, 0.25) is 0 Å². The van der Waals surface area contributed by atoms with Crippen molar-refractivity contribution in [3.8, 4) is 0 Å². The molecule has 100 valence electrons.